The summed E-state index contributed by atoms with van der Waals surface area (Å²) >= 11 is 0. The van der Waals surface area contributed by atoms with E-state index in [2.05, 4.69) is 10.1 Å². The monoisotopic (exact) mass is 196 g/mol. The number of aliphatic hydroxyl groups excluding tert-OH is 1. The van der Waals surface area contributed by atoms with E-state index in [1.54, 1.807) is 11.0 Å². The first kappa shape index (κ1) is 9.45. The predicted octanol–water partition coefficient (Wildman–Crippen LogP) is 0.411. The van der Waals surface area contributed by atoms with Crippen molar-refractivity contribution in [3.63, 3.8) is 0 Å². The van der Waals surface area contributed by atoms with E-state index in [9.17, 15) is 5.11 Å². The van der Waals surface area contributed by atoms with Crippen LogP contribution in [0.1, 0.15) is 25.7 Å². The fraction of sp³-hybridized carbons (Fsp3) is 0.778. The third-order valence-electron chi connectivity index (χ3n) is 2.75. The minimum absolute atomic E-state index is 0.130. The molecule has 3 N–H and O–H groups in total. The number of rotatable bonds is 2. The van der Waals surface area contributed by atoms with E-state index >= 15 is 0 Å². The Balaban J connectivity index is 1.90. The number of nitrogens with two attached hydrogens (primary N) is 1. The summed E-state index contributed by atoms with van der Waals surface area (Å²) in [5, 5.41) is 13.5. The fourth-order valence-corrected chi connectivity index (χ4v) is 2.09. The van der Waals surface area contributed by atoms with Gasteiger partial charge in [0.05, 0.1) is 6.10 Å². The Morgan fingerprint density at radius 3 is 3.07 bits per heavy atom. The first-order valence-electron chi connectivity index (χ1n) is 5.07. The van der Waals surface area contributed by atoms with Gasteiger partial charge in [0.1, 0.15) is 6.33 Å². The predicted molar refractivity (Wildman–Crippen MR) is 52.4 cm³/mol. The molecule has 1 aliphatic carbocycles. The summed E-state index contributed by atoms with van der Waals surface area (Å²) in [6.45, 7) is 0.821. The molecule has 78 valence electrons. The third kappa shape index (κ3) is 2.23. The van der Waals surface area contributed by atoms with Crippen LogP contribution in [0.15, 0.2) is 6.33 Å². The average molecular weight is 196 g/mol. The van der Waals surface area contributed by atoms with Crippen LogP contribution < -0.4 is 5.73 Å². The molecule has 1 heterocycles. The zero-order valence-electron chi connectivity index (χ0n) is 8.13. The SMILES string of the molecule is Nc1ncn(CC2CCCC(O)C2)n1. The van der Waals surface area contributed by atoms with E-state index < -0.39 is 0 Å². The molecule has 0 radical (unpaired) electrons. The quantitative estimate of drug-likeness (QED) is 0.718. The Hall–Kier alpha value is -1.10. The summed E-state index contributed by atoms with van der Waals surface area (Å²) in [7, 11) is 0. The van der Waals surface area contributed by atoms with Crippen LogP contribution in [-0.4, -0.2) is 26.0 Å². The maximum absolute atomic E-state index is 9.49. The molecule has 2 atom stereocenters. The molecule has 1 aromatic heterocycles. The molecule has 1 aromatic rings. The minimum atomic E-state index is -0.130. The zero-order chi connectivity index (χ0) is 9.97. The zero-order valence-corrected chi connectivity index (χ0v) is 8.13. The lowest BCUT2D eigenvalue weighted by molar-refractivity contribution is 0.0941. The fourth-order valence-electron chi connectivity index (χ4n) is 2.09. The molecule has 0 aliphatic heterocycles. The van der Waals surface area contributed by atoms with E-state index in [4.69, 9.17) is 5.73 Å². The molecule has 14 heavy (non-hydrogen) atoms. The number of nitrogens with zero attached hydrogens (tertiary/aromatic N) is 3. The second-order valence-corrected chi connectivity index (χ2v) is 4.01. The number of aromatic nitrogens is 3. The summed E-state index contributed by atoms with van der Waals surface area (Å²) in [5.74, 6) is 0.834. The lowest BCUT2D eigenvalue weighted by Gasteiger charge is -2.25. The van der Waals surface area contributed by atoms with Gasteiger partial charge in [-0.2, -0.15) is 0 Å². The van der Waals surface area contributed by atoms with Gasteiger partial charge in [-0.25, -0.2) is 4.98 Å². The van der Waals surface area contributed by atoms with Crippen molar-refractivity contribution in [3.05, 3.63) is 6.33 Å². The standard InChI is InChI=1S/C9H16N4O/c10-9-11-6-13(12-9)5-7-2-1-3-8(14)4-7/h6-8,14H,1-5H2,(H2,10,12). The molecule has 5 heteroatoms. The highest BCUT2D eigenvalue weighted by Crippen LogP contribution is 2.25. The molecule has 0 aromatic carbocycles. The Labute approximate surface area is 82.9 Å². The van der Waals surface area contributed by atoms with Crippen molar-refractivity contribution in [2.45, 2.75) is 38.3 Å². The molecule has 1 saturated carbocycles. The second kappa shape index (κ2) is 3.96. The normalized spacial score (nSPS) is 27.8. The van der Waals surface area contributed by atoms with Gasteiger partial charge in [0, 0.05) is 6.54 Å². The molecule has 0 spiro atoms. The number of hydrogen-bond donors (Lipinski definition) is 2. The Bertz CT molecular complexity index is 299. The van der Waals surface area contributed by atoms with Gasteiger partial charge in [-0.05, 0) is 25.2 Å². The molecule has 0 amide bonds. The van der Waals surface area contributed by atoms with Crippen LogP contribution in [0, 0.1) is 5.92 Å². The highest BCUT2D eigenvalue weighted by atomic mass is 16.3. The lowest BCUT2D eigenvalue weighted by Crippen LogP contribution is -2.23. The Kier molecular flexibility index (Phi) is 2.67. The molecule has 1 fully saturated rings. The van der Waals surface area contributed by atoms with Gasteiger partial charge < -0.3 is 10.8 Å². The van der Waals surface area contributed by atoms with Gasteiger partial charge in [0.2, 0.25) is 5.95 Å². The van der Waals surface area contributed by atoms with E-state index in [1.165, 1.54) is 0 Å². The van der Waals surface area contributed by atoms with Gasteiger partial charge in [0.15, 0.2) is 0 Å². The van der Waals surface area contributed by atoms with Crippen molar-refractivity contribution in [1.82, 2.24) is 14.8 Å². The van der Waals surface area contributed by atoms with Crippen molar-refractivity contribution in [1.29, 1.82) is 0 Å². The smallest absolute Gasteiger partial charge is 0.239 e. The van der Waals surface area contributed by atoms with Crippen molar-refractivity contribution in [2.75, 3.05) is 5.73 Å². The number of nitrogen functional groups attached to an aromatic ring is 1. The highest BCUT2D eigenvalue weighted by Gasteiger charge is 2.20. The molecular weight excluding hydrogens is 180 g/mol. The van der Waals surface area contributed by atoms with Gasteiger partial charge in [-0.3, -0.25) is 4.68 Å². The van der Waals surface area contributed by atoms with E-state index in [-0.39, 0.29) is 6.10 Å². The summed E-state index contributed by atoms with van der Waals surface area (Å²) in [6.07, 6.45) is 5.61. The molecule has 2 rings (SSSR count). The Morgan fingerprint density at radius 2 is 2.43 bits per heavy atom. The largest absolute Gasteiger partial charge is 0.393 e. The first-order valence-corrected chi connectivity index (χ1v) is 5.07. The molecule has 5 nitrogen and oxygen atoms in total. The summed E-state index contributed by atoms with van der Waals surface area (Å²) < 4.78 is 1.76. The highest BCUT2D eigenvalue weighted by molar-refractivity contribution is 5.09. The van der Waals surface area contributed by atoms with Crippen LogP contribution in [0.4, 0.5) is 5.95 Å². The van der Waals surface area contributed by atoms with Gasteiger partial charge in [0.25, 0.3) is 0 Å². The van der Waals surface area contributed by atoms with Crippen molar-refractivity contribution in [3.8, 4) is 0 Å². The second-order valence-electron chi connectivity index (χ2n) is 4.01. The van der Waals surface area contributed by atoms with Gasteiger partial charge in [-0.15, -0.1) is 5.10 Å². The molecule has 0 bridgehead atoms. The van der Waals surface area contributed by atoms with Crippen LogP contribution in [-0.2, 0) is 6.54 Å². The van der Waals surface area contributed by atoms with Gasteiger partial charge >= 0.3 is 0 Å². The minimum Gasteiger partial charge on any atom is -0.393 e. The van der Waals surface area contributed by atoms with Crippen LogP contribution in [0.3, 0.4) is 0 Å². The topological polar surface area (TPSA) is 77.0 Å². The Morgan fingerprint density at radius 1 is 1.57 bits per heavy atom. The summed E-state index contributed by atoms with van der Waals surface area (Å²) in [4.78, 5) is 3.87. The van der Waals surface area contributed by atoms with Crippen LogP contribution >= 0.6 is 0 Å². The molecule has 1 aliphatic rings. The van der Waals surface area contributed by atoms with E-state index in [0.717, 1.165) is 32.2 Å². The number of aliphatic hydroxyl groups is 1. The van der Waals surface area contributed by atoms with E-state index in [0.29, 0.717) is 11.9 Å². The number of anilines is 1. The lowest BCUT2D eigenvalue weighted by atomic mass is 9.87. The molecular formula is C9H16N4O. The van der Waals surface area contributed by atoms with Crippen LogP contribution in [0.5, 0.6) is 0 Å². The third-order valence-corrected chi connectivity index (χ3v) is 2.75. The number of hydrogen-bond acceptors (Lipinski definition) is 4. The van der Waals surface area contributed by atoms with Crippen molar-refractivity contribution >= 4 is 5.95 Å². The van der Waals surface area contributed by atoms with Gasteiger partial charge in [-0.1, -0.05) is 6.42 Å². The van der Waals surface area contributed by atoms with E-state index in [1.807, 2.05) is 0 Å². The summed E-state index contributed by atoms with van der Waals surface area (Å²) in [5.41, 5.74) is 5.42. The van der Waals surface area contributed by atoms with Crippen molar-refractivity contribution < 1.29 is 5.11 Å². The maximum atomic E-state index is 9.49. The van der Waals surface area contributed by atoms with Crippen molar-refractivity contribution in [2.24, 2.45) is 5.92 Å². The van der Waals surface area contributed by atoms with Crippen LogP contribution in [0.25, 0.3) is 0 Å². The maximum Gasteiger partial charge on any atom is 0.239 e. The summed E-state index contributed by atoms with van der Waals surface area (Å²) in [6, 6.07) is 0. The molecule has 0 saturated heterocycles. The van der Waals surface area contributed by atoms with Crippen LogP contribution in [0.2, 0.25) is 0 Å². The first-order chi connectivity index (χ1) is 6.74. The molecule has 2 unspecified atom stereocenters. The average Bonchev–Trinajstić information content (AvgIpc) is 2.51.